The van der Waals surface area contributed by atoms with Crippen molar-refractivity contribution >= 4 is 82.4 Å². The molecule has 13 rings (SSSR count). The summed E-state index contributed by atoms with van der Waals surface area (Å²) in [5.41, 5.74) is 15.2. The molecule has 3 nitrogen and oxygen atoms in total. The van der Waals surface area contributed by atoms with Crippen LogP contribution in [0.1, 0.15) is 0 Å². The molecule has 0 saturated heterocycles. The van der Waals surface area contributed by atoms with Gasteiger partial charge in [-0.2, -0.15) is 0 Å². The molecular weight excluding hydrogens is 789 g/mol. The summed E-state index contributed by atoms with van der Waals surface area (Å²) in [4.78, 5) is 2.39. The van der Waals surface area contributed by atoms with Gasteiger partial charge in [0.15, 0.2) is 0 Å². The molecule has 0 aliphatic heterocycles. The van der Waals surface area contributed by atoms with Crippen molar-refractivity contribution in [2.45, 2.75) is 0 Å². The maximum Gasteiger partial charge on any atom is 0.143 e. The topological polar surface area (TPSA) is 21.3 Å². The predicted octanol–water partition coefficient (Wildman–Crippen LogP) is 17.5. The van der Waals surface area contributed by atoms with E-state index in [0.717, 1.165) is 55.8 Å². The number of aromatic nitrogens is 1. The second-order valence-corrected chi connectivity index (χ2v) is 16.9. The highest BCUT2D eigenvalue weighted by Gasteiger charge is 2.21. The Bertz CT molecular complexity index is 3880. The van der Waals surface area contributed by atoms with Crippen LogP contribution in [-0.4, -0.2) is 4.57 Å². The fourth-order valence-electron chi connectivity index (χ4n) is 10.1. The molecule has 0 bridgehead atoms. The Kier molecular flexibility index (Phi) is 8.53. The predicted molar refractivity (Wildman–Crippen MR) is 274 cm³/mol. The van der Waals surface area contributed by atoms with E-state index in [-0.39, 0.29) is 0 Å². The zero-order valence-corrected chi connectivity index (χ0v) is 35.4. The molecule has 2 aromatic heterocycles. The minimum Gasteiger partial charge on any atom is -0.455 e. The van der Waals surface area contributed by atoms with Crippen molar-refractivity contribution in [3.8, 4) is 39.1 Å². The van der Waals surface area contributed by atoms with E-state index in [1.165, 1.54) is 65.6 Å². The maximum absolute atomic E-state index is 6.82. The van der Waals surface area contributed by atoms with Crippen LogP contribution in [0.2, 0.25) is 0 Å². The van der Waals surface area contributed by atoms with Crippen LogP contribution in [0, 0.1) is 0 Å². The molecule has 13 aromatic rings. The Hall–Kier alpha value is -8.66. The number of hydrogen-bond acceptors (Lipinski definition) is 2. The molecule has 0 saturated carbocycles. The fourth-order valence-corrected chi connectivity index (χ4v) is 10.1. The second-order valence-electron chi connectivity index (χ2n) is 16.9. The fraction of sp³-hybridized carbons (Fsp3) is 0. The van der Waals surface area contributed by atoms with Gasteiger partial charge in [0.2, 0.25) is 0 Å². The summed E-state index contributed by atoms with van der Waals surface area (Å²) in [7, 11) is 0. The molecule has 0 unspecified atom stereocenters. The number of hydrogen-bond donors (Lipinski definition) is 0. The number of fused-ring (bicyclic) bond motifs is 9. The van der Waals surface area contributed by atoms with Gasteiger partial charge >= 0.3 is 0 Å². The molecule has 65 heavy (non-hydrogen) atoms. The number of para-hydroxylation sites is 3. The highest BCUT2D eigenvalue weighted by molar-refractivity contribution is 6.14. The van der Waals surface area contributed by atoms with Crippen molar-refractivity contribution in [1.82, 2.24) is 4.57 Å². The molecule has 0 N–H and O–H groups in total. The average molecular weight is 829 g/mol. The Balaban J connectivity index is 1.00. The van der Waals surface area contributed by atoms with Crippen molar-refractivity contribution in [1.29, 1.82) is 0 Å². The summed E-state index contributed by atoms with van der Waals surface area (Å²) >= 11 is 0. The smallest absolute Gasteiger partial charge is 0.143 e. The van der Waals surface area contributed by atoms with Crippen molar-refractivity contribution in [2.75, 3.05) is 4.90 Å². The lowest BCUT2D eigenvalue weighted by Gasteiger charge is -2.27. The molecule has 304 valence electrons. The summed E-state index contributed by atoms with van der Waals surface area (Å²) in [6.45, 7) is 0. The molecule has 0 spiro atoms. The van der Waals surface area contributed by atoms with Gasteiger partial charge in [-0.15, -0.1) is 0 Å². The van der Waals surface area contributed by atoms with Crippen LogP contribution < -0.4 is 4.90 Å². The summed E-state index contributed by atoms with van der Waals surface area (Å²) < 4.78 is 9.20. The first kappa shape index (κ1) is 36.9. The second kappa shape index (κ2) is 15.0. The molecule has 0 atom stereocenters. The summed E-state index contributed by atoms with van der Waals surface area (Å²) in [5, 5.41) is 9.67. The maximum atomic E-state index is 6.82. The first-order valence-corrected chi connectivity index (χ1v) is 22.2. The van der Waals surface area contributed by atoms with Crippen LogP contribution >= 0.6 is 0 Å². The standard InChI is InChI=1S/C62H40N2O/c1-2-14-41(15-3-1)42-28-33-46(34-29-42)63(47-35-30-44(31-36-47)51-23-13-24-52-50-19-5-4-16-43(50)32-37-53(51)52)49-39-57(62-58(40-49)56-22-8-11-27-61(56)65-62)45-17-12-18-48(38-45)64-59-25-9-6-20-54(59)55-21-7-10-26-60(55)64/h1-40H. The van der Waals surface area contributed by atoms with Crippen molar-refractivity contribution in [3.05, 3.63) is 243 Å². The number of rotatable bonds is 7. The lowest BCUT2D eigenvalue weighted by molar-refractivity contribution is 0.670. The van der Waals surface area contributed by atoms with Gasteiger partial charge < -0.3 is 13.9 Å². The third-order valence-corrected chi connectivity index (χ3v) is 13.2. The van der Waals surface area contributed by atoms with E-state index in [1.54, 1.807) is 0 Å². The van der Waals surface area contributed by atoms with Crippen LogP contribution in [0.15, 0.2) is 247 Å². The molecule has 2 heterocycles. The third kappa shape index (κ3) is 6.12. The van der Waals surface area contributed by atoms with Gasteiger partial charge in [0, 0.05) is 49.9 Å². The van der Waals surface area contributed by atoms with E-state index in [4.69, 9.17) is 4.42 Å². The van der Waals surface area contributed by atoms with Gasteiger partial charge in [0.1, 0.15) is 11.2 Å². The molecule has 0 aliphatic rings. The molecular formula is C62H40N2O. The zero-order valence-electron chi connectivity index (χ0n) is 35.4. The molecule has 0 aliphatic carbocycles. The van der Waals surface area contributed by atoms with Crippen LogP contribution in [0.4, 0.5) is 17.1 Å². The van der Waals surface area contributed by atoms with E-state index in [9.17, 15) is 0 Å². The van der Waals surface area contributed by atoms with Gasteiger partial charge in [-0.1, -0.05) is 176 Å². The average Bonchev–Trinajstić information content (AvgIpc) is 3.93. The SMILES string of the molecule is c1ccc(-c2ccc(N(c3ccc(-c4cccc5c4ccc4ccccc45)cc3)c3cc(-c4cccc(-n5c6ccccc6c6ccccc65)c4)c4oc5ccccc5c4c3)cc2)cc1. The number of furan rings is 1. The van der Waals surface area contributed by atoms with Gasteiger partial charge in [0.05, 0.1) is 11.0 Å². The van der Waals surface area contributed by atoms with Gasteiger partial charge in [-0.3, -0.25) is 0 Å². The minimum absolute atomic E-state index is 0.866. The van der Waals surface area contributed by atoms with Gasteiger partial charge in [-0.05, 0) is 116 Å². The first-order valence-electron chi connectivity index (χ1n) is 22.2. The quantitative estimate of drug-likeness (QED) is 0.149. The number of anilines is 3. The van der Waals surface area contributed by atoms with Crippen LogP contribution in [0.25, 0.3) is 104 Å². The Morgan fingerprint density at radius 1 is 0.308 bits per heavy atom. The van der Waals surface area contributed by atoms with E-state index in [0.29, 0.717) is 0 Å². The van der Waals surface area contributed by atoms with Gasteiger partial charge in [0.25, 0.3) is 0 Å². The summed E-state index contributed by atoms with van der Waals surface area (Å²) in [6.07, 6.45) is 0. The van der Waals surface area contributed by atoms with Crippen molar-refractivity contribution in [3.63, 3.8) is 0 Å². The Morgan fingerprint density at radius 2 is 0.892 bits per heavy atom. The highest BCUT2D eigenvalue weighted by Crippen LogP contribution is 2.45. The molecule has 0 amide bonds. The third-order valence-electron chi connectivity index (χ3n) is 13.2. The molecule has 0 radical (unpaired) electrons. The Morgan fingerprint density at radius 3 is 1.65 bits per heavy atom. The van der Waals surface area contributed by atoms with Crippen LogP contribution in [-0.2, 0) is 0 Å². The summed E-state index contributed by atoms with van der Waals surface area (Å²) in [6, 6.07) is 87.7. The number of benzene rings is 11. The van der Waals surface area contributed by atoms with Crippen LogP contribution in [0.3, 0.4) is 0 Å². The molecule has 11 aromatic carbocycles. The lowest BCUT2D eigenvalue weighted by Crippen LogP contribution is -2.10. The van der Waals surface area contributed by atoms with E-state index in [2.05, 4.69) is 252 Å². The lowest BCUT2D eigenvalue weighted by atomic mass is 9.94. The largest absolute Gasteiger partial charge is 0.455 e. The van der Waals surface area contributed by atoms with Crippen molar-refractivity contribution in [2.24, 2.45) is 0 Å². The van der Waals surface area contributed by atoms with Crippen LogP contribution in [0.5, 0.6) is 0 Å². The van der Waals surface area contributed by atoms with Crippen molar-refractivity contribution < 1.29 is 4.42 Å². The van der Waals surface area contributed by atoms with E-state index < -0.39 is 0 Å². The zero-order chi connectivity index (χ0) is 42.8. The first-order chi connectivity index (χ1) is 32.2. The van der Waals surface area contributed by atoms with Gasteiger partial charge in [-0.25, -0.2) is 0 Å². The molecule has 3 heteroatoms. The highest BCUT2D eigenvalue weighted by atomic mass is 16.3. The Labute approximate surface area is 376 Å². The summed E-state index contributed by atoms with van der Waals surface area (Å²) in [5.74, 6) is 0. The van der Waals surface area contributed by atoms with E-state index >= 15 is 0 Å². The monoisotopic (exact) mass is 828 g/mol. The molecule has 0 fully saturated rings. The number of nitrogens with zero attached hydrogens (tertiary/aromatic N) is 2. The normalized spacial score (nSPS) is 11.7. The minimum atomic E-state index is 0.866. The van der Waals surface area contributed by atoms with E-state index in [1.807, 2.05) is 0 Å².